The van der Waals surface area contributed by atoms with E-state index in [1.54, 1.807) is 13.2 Å². The van der Waals surface area contributed by atoms with Gasteiger partial charge in [-0.1, -0.05) is 26.0 Å². The van der Waals surface area contributed by atoms with Gasteiger partial charge in [-0.2, -0.15) is 0 Å². The van der Waals surface area contributed by atoms with E-state index in [0.717, 1.165) is 30.1 Å². The third kappa shape index (κ3) is 5.18. The second kappa shape index (κ2) is 9.30. The minimum absolute atomic E-state index is 0. The first-order valence-electron chi connectivity index (χ1n) is 9.34. The number of rotatable bonds is 6. The number of aryl methyl sites for hydroxylation is 1. The Hall–Kier alpha value is -0.870. The Morgan fingerprint density at radius 2 is 1.96 bits per heavy atom. The molecule has 1 aliphatic carbocycles. The van der Waals surface area contributed by atoms with E-state index < -0.39 is 9.84 Å². The Bertz CT molecular complexity index is 824. The molecular formula is C20H34IN3O3S. The molecule has 1 saturated carbocycles. The molecule has 0 aliphatic heterocycles. The average Bonchev–Trinajstić information content (AvgIpc) is 2.57. The van der Waals surface area contributed by atoms with Gasteiger partial charge in [0.05, 0.1) is 17.0 Å². The minimum atomic E-state index is -3.20. The van der Waals surface area contributed by atoms with Crippen LogP contribution < -0.4 is 10.6 Å². The molecule has 0 radical (unpaired) electrons. The fourth-order valence-corrected chi connectivity index (χ4v) is 4.56. The molecule has 28 heavy (non-hydrogen) atoms. The summed E-state index contributed by atoms with van der Waals surface area (Å²) in [5.74, 6) is 0.763. The molecule has 6 nitrogen and oxygen atoms in total. The van der Waals surface area contributed by atoms with E-state index in [4.69, 9.17) is 4.74 Å². The summed E-state index contributed by atoms with van der Waals surface area (Å²) in [6, 6.07) is 5.65. The topological polar surface area (TPSA) is 79.8 Å². The smallest absolute Gasteiger partial charge is 0.191 e. The maximum atomic E-state index is 11.8. The zero-order chi connectivity index (χ0) is 20.5. The fourth-order valence-electron chi connectivity index (χ4n) is 3.60. The number of methoxy groups -OCH3 is 1. The van der Waals surface area contributed by atoms with E-state index in [-0.39, 0.29) is 41.0 Å². The standard InChI is InChI=1S/C20H33N3O3S.HI/c1-8-21-18(23-17-12-20(5,26-6)19(17,3)4)22-13-15-9-10-16(14(2)11-15)27(7,24)25;/h9-11,17H,8,12-13H2,1-7H3,(H2,21,22,23);1H. The highest BCUT2D eigenvalue weighted by Gasteiger charge is 2.58. The van der Waals surface area contributed by atoms with Crippen molar-refractivity contribution in [3.63, 3.8) is 0 Å². The Kier molecular flexibility index (Phi) is 8.36. The first-order chi connectivity index (χ1) is 12.4. The van der Waals surface area contributed by atoms with Crippen LogP contribution >= 0.6 is 24.0 Å². The SMILES string of the molecule is CCNC(=NCc1ccc(S(C)(=O)=O)c(C)c1)NC1CC(C)(OC)C1(C)C.I. The molecular weight excluding hydrogens is 489 g/mol. The highest BCUT2D eigenvalue weighted by atomic mass is 127. The molecule has 0 bridgehead atoms. The number of hydrogen-bond acceptors (Lipinski definition) is 4. The lowest BCUT2D eigenvalue weighted by Gasteiger charge is -2.59. The lowest BCUT2D eigenvalue weighted by Crippen LogP contribution is -2.69. The Morgan fingerprint density at radius 1 is 1.32 bits per heavy atom. The van der Waals surface area contributed by atoms with Crippen LogP contribution in [0.25, 0.3) is 0 Å². The van der Waals surface area contributed by atoms with Crippen molar-refractivity contribution in [3.8, 4) is 0 Å². The molecule has 2 rings (SSSR count). The number of sulfone groups is 1. The number of ether oxygens (including phenoxy) is 1. The van der Waals surface area contributed by atoms with Crippen molar-refractivity contribution in [1.29, 1.82) is 0 Å². The van der Waals surface area contributed by atoms with E-state index in [2.05, 4.69) is 36.4 Å². The normalized spacial score (nSPS) is 24.1. The highest BCUT2D eigenvalue weighted by molar-refractivity contribution is 14.0. The molecule has 0 amide bonds. The molecule has 0 aromatic heterocycles. The van der Waals surface area contributed by atoms with Crippen LogP contribution in [-0.2, 0) is 21.1 Å². The van der Waals surface area contributed by atoms with Gasteiger partial charge in [-0.15, -0.1) is 24.0 Å². The summed E-state index contributed by atoms with van der Waals surface area (Å²) in [4.78, 5) is 5.05. The number of aliphatic imine (C=N–C) groups is 1. The van der Waals surface area contributed by atoms with Crippen LogP contribution in [0.2, 0.25) is 0 Å². The number of benzene rings is 1. The summed E-state index contributed by atoms with van der Waals surface area (Å²) in [5, 5.41) is 6.81. The van der Waals surface area contributed by atoms with Crippen LogP contribution in [-0.4, -0.2) is 45.9 Å². The molecule has 8 heteroatoms. The van der Waals surface area contributed by atoms with Crippen molar-refractivity contribution in [2.24, 2.45) is 10.4 Å². The predicted octanol–water partition coefficient (Wildman–Crippen LogP) is 3.28. The molecule has 160 valence electrons. The Labute approximate surface area is 186 Å². The lowest BCUT2D eigenvalue weighted by molar-refractivity contribution is -0.176. The Morgan fingerprint density at radius 3 is 2.43 bits per heavy atom. The van der Waals surface area contributed by atoms with Crippen LogP contribution in [0.4, 0.5) is 0 Å². The van der Waals surface area contributed by atoms with Gasteiger partial charge in [-0.05, 0) is 44.4 Å². The highest BCUT2D eigenvalue weighted by Crippen LogP contribution is 2.51. The zero-order valence-corrected chi connectivity index (χ0v) is 21.1. The van der Waals surface area contributed by atoms with Crippen molar-refractivity contribution < 1.29 is 13.2 Å². The number of nitrogens with zero attached hydrogens (tertiary/aromatic N) is 1. The van der Waals surface area contributed by atoms with Gasteiger partial charge < -0.3 is 15.4 Å². The van der Waals surface area contributed by atoms with Crippen LogP contribution in [0.5, 0.6) is 0 Å². The average molecular weight is 523 g/mol. The summed E-state index contributed by atoms with van der Waals surface area (Å²) in [6.45, 7) is 11.6. The number of halogens is 1. The van der Waals surface area contributed by atoms with Crippen LogP contribution in [0.15, 0.2) is 28.1 Å². The number of guanidine groups is 1. The van der Waals surface area contributed by atoms with Gasteiger partial charge in [-0.25, -0.2) is 13.4 Å². The van der Waals surface area contributed by atoms with Gasteiger partial charge in [0.2, 0.25) is 0 Å². The van der Waals surface area contributed by atoms with Gasteiger partial charge in [0.15, 0.2) is 15.8 Å². The lowest BCUT2D eigenvalue weighted by atomic mass is 9.56. The van der Waals surface area contributed by atoms with Gasteiger partial charge in [-0.3, -0.25) is 0 Å². The van der Waals surface area contributed by atoms with Crippen LogP contribution in [0, 0.1) is 12.3 Å². The quantitative estimate of drug-likeness (QED) is 0.340. The van der Waals surface area contributed by atoms with E-state index >= 15 is 0 Å². The first-order valence-corrected chi connectivity index (χ1v) is 11.2. The molecule has 2 atom stereocenters. The monoisotopic (exact) mass is 523 g/mol. The Balaban J connectivity index is 0.00000392. The molecule has 0 saturated heterocycles. The van der Waals surface area contributed by atoms with Crippen molar-refractivity contribution in [1.82, 2.24) is 10.6 Å². The van der Waals surface area contributed by atoms with Crippen molar-refractivity contribution in [3.05, 3.63) is 29.3 Å². The summed E-state index contributed by atoms with van der Waals surface area (Å²) < 4.78 is 29.2. The maximum Gasteiger partial charge on any atom is 0.191 e. The summed E-state index contributed by atoms with van der Waals surface area (Å²) >= 11 is 0. The summed E-state index contributed by atoms with van der Waals surface area (Å²) in [6.07, 6.45) is 2.15. The minimum Gasteiger partial charge on any atom is -0.378 e. The molecule has 1 fully saturated rings. The molecule has 1 aliphatic rings. The number of nitrogens with one attached hydrogen (secondary N) is 2. The van der Waals surface area contributed by atoms with E-state index in [0.29, 0.717) is 11.4 Å². The first kappa shape index (κ1) is 25.2. The molecule has 0 spiro atoms. The molecule has 1 aromatic carbocycles. The van der Waals surface area contributed by atoms with Crippen molar-refractivity contribution in [2.45, 2.75) is 64.1 Å². The summed E-state index contributed by atoms with van der Waals surface area (Å²) in [7, 11) is -1.44. The third-order valence-electron chi connectivity index (χ3n) is 5.99. The molecule has 2 unspecified atom stereocenters. The second-order valence-electron chi connectivity index (χ2n) is 8.12. The molecule has 1 aromatic rings. The largest absolute Gasteiger partial charge is 0.378 e. The van der Waals surface area contributed by atoms with Gasteiger partial charge in [0, 0.05) is 31.4 Å². The third-order valence-corrected chi connectivity index (χ3v) is 7.25. The number of hydrogen-bond donors (Lipinski definition) is 2. The molecule has 0 heterocycles. The predicted molar refractivity (Wildman–Crippen MR) is 125 cm³/mol. The van der Waals surface area contributed by atoms with Crippen LogP contribution in [0.1, 0.15) is 45.2 Å². The van der Waals surface area contributed by atoms with E-state index in [1.165, 1.54) is 6.26 Å². The summed E-state index contributed by atoms with van der Waals surface area (Å²) in [5.41, 5.74) is 1.58. The van der Waals surface area contributed by atoms with Gasteiger partial charge in [0.25, 0.3) is 0 Å². The molecule has 2 N–H and O–H groups in total. The van der Waals surface area contributed by atoms with E-state index in [9.17, 15) is 8.42 Å². The fraction of sp³-hybridized carbons (Fsp3) is 0.650. The van der Waals surface area contributed by atoms with Gasteiger partial charge in [0.1, 0.15) is 0 Å². The zero-order valence-electron chi connectivity index (χ0n) is 17.9. The van der Waals surface area contributed by atoms with Crippen LogP contribution in [0.3, 0.4) is 0 Å². The van der Waals surface area contributed by atoms with E-state index in [1.807, 2.05) is 26.0 Å². The van der Waals surface area contributed by atoms with Gasteiger partial charge >= 0.3 is 0 Å². The maximum absolute atomic E-state index is 11.8. The van der Waals surface area contributed by atoms with Crippen molar-refractivity contribution in [2.75, 3.05) is 19.9 Å². The second-order valence-corrected chi connectivity index (χ2v) is 10.1. The van der Waals surface area contributed by atoms with Crippen molar-refractivity contribution >= 4 is 39.8 Å².